The van der Waals surface area contributed by atoms with E-state index in [1.165, 1.54) is 18.2 Å². The quantitative estimate of drug-likeness (QED) is 0.790. The normalized spacial score (nSPS) is 13.3. The van der Waals surface area contributed by atoms with Crippen LogP contribution >= 0.6 is 0 Å². The Hall–Kier alpha value is -1.51. The minimum absolute atomic E-state index is 0.0408. The van der Waals surface area contributed by atoms with E-state index in [1.54, 1.807) is 12.1 Å². The fraction of sp³-hybridized carbons (Fsp3) is 0.300. The summed E-state index contributed by atoms with van der Waals surface area (Å²) in [6, 6.07) is 5.95. The molecule has 0 aromatic heterocycles. The number of nitriles is 1. The summed E-state index contributed by atoms with van der Waals surface area (Å²) >= 11 is 0. The molecule has 1 atom stereocenters. The number of aliphatic hydroxyl groups excluding tert-OH is 1. The SMILES string of the molecule is N#Cc1ccccc1[C@@H](N)C(F)(F)CO. The van der Waals surface area contributed by atoms with Gasteiger partial charge in [0.25, 0.3) is 5.92 Å². The molecule has 0 saturated carbocycles. The van der Waals surface area contributed by atoms with Crippen molar-refractivity contribution in [1.29, 1.82) is 5.26 Å². The predicted molar refractivity (Wildman–Crippen MR) is 50.1 cm³/mol. The van der Waals surface area contributed by atoms with Gasteiger partial charge in [-0.05, 0) is 11.6 Å². The van der Waals surface area contributed by atoms with E-state index in [9.17, 15) is 8.78 Å². The highest BCUT2D eigenvalue weighted by atomic mass is 19.3. The van der Waals surface area contributed by atoms with Gasteiger partial charge in [-0.1, -0.05) is 18.2 Å². The van der Waals surface area contributed by atoms with Crippen LogP contribution in [0.4, 0.5) is 8.78 Å². The van der Waals surface area contributed by atoms with Crippen molar-refractivity contribution in [1.82, 2.24) is 0 Å². The van der Waals surface area contributed by atoms with Crippen LogP contribution in [0.1, 0.15) is 17.2 Å². The maximum Gasteiger partial charge on any atom is 0.289 e. The Morgan fingerprint density at radius 3 is 2.60 bits per heavy atom. The first-order valence-electron chi connectivity index (χ1n) is 4.26. The second-order valence-corrected chi connectivity index (χ2v) is 3.10. The van der Waals surface area contributed by atoms with Gasteiger partial charge in [0.05, 0.1) is 17.7 Å². The summed E-state index contributed by atoms with van der Waals surface area (Å²) in [6.07, 6.45) is 0. The summed E-state index contributed by atoms with van der Waals surface area (Å²) < 4.78 is 26.1. The number of nitrogens with two attached hydrogens (primary N) is 1. The molecular formula is C10H10F2N2O. The second kappa shape index (κ2) is 4.34. The molecule has 0 aliphatic heterocycles. The second-order valence-electron chi connectivity index (χ2n) is 3.10. The van der Waals surface area contributed by atoms with E-state index in [0.717, 1.165) is 0 Å². The molecule has 80 valence electrons. The van der Waals surface area contributed by atoms with Crippen molar-refractivity contribution in [3.63, 3.8) is 0 Å². The predicted octanol–water partition coefficient (Wildman–Crippen LogP) is 1.19. The van der Waals surface area contributed by atoms with Crippen molar-refractivity contribution in [2.75, 3.05) is 6.61 Å². The van der Waals surface area contributed by atoms with Gasteiger partial charge >= 0.3 is 0 Å². The zero-order valence-corrected chi connectivity index (χ0v) is 7.82. The van der Waals surface area contributed by atoms with Gasteiger partial charge in [0.1, 0.15) is 6.61 Å². The molecule has 0 aliphatic rings. The smallest absolute Gasteiger partial charge is 0.289 e. The van der Waals surface area contributed by atoms with Gasteiger partial charge in [-0.2, -0.15) is 5.26 Å². The Bertz CT molecular complexity index is 387. The molecule has 5 heteroatoms. The van der Waals surface area contributed by atoms with Crippen molar-refractivity contribution >= 4 is 0 Å². The molecule has 1 aromatic rings. The molecule has 3 N–H and O–H groups in total. The number of rotatable bonds is 3. The maximum absolute atomic E-state index is 13.1. The van der Waals surface area contributed by atoms with Crippen LogP contribution in [0, 0.1) is 11.3 Å². The highest BCUT2D eigenvalue weighted by molar-refractivity contribution is 5.40. The minimum atomic E-state index is -3.42. The summed E-state index contributed by atoms with van der Waals surface area (Å²) in [6.45, 7) is -1.34. The van der Waals surface area contributed by atoms with Gasteiger partial charge in [-0.25, -0.2) is 8.78 Å². The molecule has 0 aliphatic carbocycles. The lowest BCUT2D eigenvalue weighted by Crippen LogP contribution is -2.36. The Morgan fingerprint density at radius 2 is 2.07 bits per heavy atom. The molecule has 0 spiro atoms. The van der Waals surface area contributed by atoms with Crippen molar-refractivity contribution in [2.45, 2.75) is 12.0 Å². The highest BCUT2D eigenvalue weighted by Gasteiger charge is 2.38. The Balaban J connectivity index is 3.12. The summed E-state index contributed by atoms with van der Waals surface area (Å²) in [4.78, 5) is 0. The van der Waals surface area contributed by atoms with E-state index in [-0.39, 0.29) is 11.1 Å². The zero-order chi connectivity index (χ0) is 11.5. The first kappa shape index (κ1) is 11.6. The maximum atomic E-state index is 13.1. The van der Waals surface area contributed by atoms with Gasteiger partial charge in [0, 0.05) is 0 Å². The Morgan fingerprint density at radius 1 is 1.47 bits per heavy atom. The molecule has 1 rings (SSSR count). The topological polar surface area (TPSA) is 70.0 Å². The number of aliphatic hydroxyl groups is 1. The molecular weight excluding hydrogens is 202 g/mol. The third-order valence-electron chi connectivity index (χ3n) is 2.08. The average molecular weight is 212 g/mol. The van der Waals surface area contributed by atoms with Crippen molar-refractivity contribution in [3.05, 3.63) is 35.4 Å². The lowest BCUT2D eigenvalue weighted by atomic mass is 9.97. The lowest BCUT2D eigenvalue weighted by Gasteiger charge is -2.22. The van der Waals surface area contributed by atoms with Crippen LogP contribution in [0.5, 0.6) is 0 Å². The largest absolute Gasteiger partial charge is 0.390 e. The standard InChI is InChI=1S/C10H10F2N2O/c11-10(12,6-15)9(14)8-4-2-1-3-7(8)5-13/h1-4,9,15H,6,14H2/t9-/m1/s1. The monoisotopic (exact) mass is 212 g/mol. The first-order chi connectivity index (χ1) is 7.03. The number of hydrogen-bond donors (Lipinski definition) is 2. The van der Waals surface area contributed by atoms with Crippen LogP contribution in [0.25, 0.3) is 0 Å². The minimum Gasteiger partial charge on any atom is -0.390 e. The van der Waals surface area contributed by atoms with Gasteiger partial charge in [0.15, 0.2) is 0 Å². The molecule has 0 radical (unpaired) electrons. The fourth-order valence-electron chi connectivity index (χ4n) is 1.20. The van der Waals surface area contributed by atoms with Crippen molar-refractivity contribution in [2.24, 2.45) is 5.73 Å². The number of nitrogens with zero attached hydrogens (tertiary/aromatic N) is 1. The molecule has 0 bridgehead atoms. The summed E-state index contributed by atoms with van der Waals surface area (Å²) in [5, 5.41) is 17.2. The first-order valence-corrected chi connectivity index (χ1v) is 4.26. The lowest BCUT2D eigenvalue weighted by molar-refractivity contribution is -0.0712. The van der Waals surface area contributed by atoms with Gasteiger partial charge in [-0.15, -0.1) is 0 Å². The van der Waals surface area contributed by atoms with Crippen LogP contribution in [0.3, 0.4) is 0 Å². The summed E-state index contributed by atoms with van der Waals surface area (Å²) in [5.74, 6) is -3.42. The van der Waals surface area contributed by atoms with Gasteiger partial charge in [0.2, 0.25) is 0 Å². The number of hydrogen-bond acceptors (Lipinski definition) is 3. The van der Waals surface area contributed by atoms with E-state index < -0.39 is 18.6 Å². The van der Waals surface area contributed by atoms with Crippen molar-refractivity contribution in [3.8, 4) is 6.07 Å². The molecule has 1 aromatic carbocycles. The number of alkyl halides is 2. The van der Waals surface area contributed by atoms with E-state index in [1.807, 2.05) is 0 Å². The Kier molecular flexibility index (Phi) is 3.35. The van der Waals surface area contributed by atoms with Crippen LogP contribution in [0.2, 0.25) is 0 Å². The fourth-order valence-corrected chi connectivity index (χ4v) is 1.20. The van der Waals surface area contributed by atoms with E-state index >= 15 is 0 Å². The van der Waals surface area contributed by atoms with E-state index in [0.29, 0.717) is 0 Å². The molecule has 0 saturated heterocycles. The highest BCUT2D eigenvalue weighted by Crippen LogP contribution is 2.30. The third kappa shape index (κ3) is 2.29. The number of benzene rings is 1. The van der Waals surface area contributed by atoms with Crippen LogP contribution in [0.15, 0.2) is 24.3 Å². The molecule has 3 nitrogen and oxygen atoms in total. The van der Waals surface area contributed by atoms with Crippen molar-refractivity contribution < 1.29 is 13.9 Å². The number of halogens is 2. The van der Waals surface area contributed by atoms with Gasteiger partial charge in [-0.3, -0.25) is 0 Å². The average Bonchev–Trinajstić information content (AvgIpc) is 2.28. The van der Waals surface area contributed by atoms with Crippen LogP contribution < -0.4 is 5.73 Å². The molecule has 0 unspecified atom stereocenters. The van der Waals surface area contributed by atoms with E-state index in [2.05, 4.69) is 0 Å². The summed E-state index contributed by atoms with van der Waals surface area (Å²) in [7, 11) is 0. The molecule has 0 heterocycles. The Labute approximate surface area is 85.7 Å². The van der Waals surface area contributed by atoms with Crippen LogP contribution in [-0.4, -0.2) is 17.6 Å². The van der Waals surface area contributed by atoms with Gasteiger partial charge < -0.3 is 10.8 Å². The van der Waals surface area contributed by atoms with E-state index in [4.69, 9.17) is 16.1 Å². The summed E-state index contributed by atoms with van der Waals surface area (Å²) in [5.41, 5.74) is 5.43. The van der Waals surface area contributed by atoms with Crippen LogP contribution in [-0.2, 0) is 0 Å². The third-order valence-corrected chi connectivity index (χ3v) is 2.08. The molecule has 0 fully saturated rings. The molecule has 0 amide bonds. The zero-order valence-electron chi connectivity index (χ0n) is 7.82. The molecule has 15 heavy (non-hydrogen) atoms.